The van der Waals surface area contributed by atoms with E-state index in [2.05, 4.69) is 5.32 Å². The summed E-state index contributed by atoms with van der Waals surface area (Å²) in [6.07, 6.45) is 1.89. The summed E-state index contributed by atoms with van der Waals surface area (Å²) < 4.78 is 42.3. The minimum absolute atomic E-state index is 0.0659. The molecule has 0 aromatic heterocycles. The molecule has 202 valence electrons. The second-order valence-electron chi connectivity index (χ2n) is 8.67. The molecule has 10 nitrogen and oxygen atoms in total. The van der Waals surface area contributed by atoms with Crippen molar-refractivity contribution in [2.24, 2.45) is 0 Å². The summed E-state index contributed by atoms with van der Waals surface area (Å²) in [6, 6.07) is 11.6. The lowest BCUT2D eigenvalue weighted by atomic mass is 10.1. The van der Waals surface area contributed by atoms with Crippen molar-refractivity contribution in [1.82, 2.24) is 10.2 Å². The van der Waals surface area contributed by atoms with E-state index in [1.807, 2.05) is 38.1 Å². The molecule has 0 unspecified atom stereocenters. The molecule has 1 N–H and O–H groups in total. The highest BCUT2D eigenvalue weighted by atomic mass is 32.2. The smallest absolute Gasteiger partial charge is 0.242 e. The van der Waals surface area contributed by atoms with Crippen LogP contribution in [-0.4, -0.2) is 64.4 Å². The molecule has 11 heteroatoms. The van der Waals surface area contributed by atoms with E-state index in [0.717, 1.165) is 11.8 Å². The number of ether oxygens (including phenoxy) is 3. The Labute approximate surface area is 218 Å². The SMILES string of the molecule is CCNC(=O)[C@@H](CC)N(Cc1cccc(OC)c1)C(=O)CCCN(c1ccc2c(c1)OCO2)S(C)(=O)=O. The van der Waals surface area contributed by atoms with Crippen molar-refractivity contribution in [2.75, 3.05) is 37.6 Å². The van der Waals surface area contributed by atoms with Crippen LogP contribution in [0.25, 0.3) is 0 Å². The Hall–Kier alpha value is -3.47. The number of nitrogens with zero attached hydrogens (tertiary/aromatic N) is 2. The van der Waals surface area contributed by atoms with Crippen molar-refractivity contribution in [2.45, 2.75) is 45.7 Å². The molecule has 1 atom stereocenters. The number of hydrogen-bond acceptors (Lipinski definition) is 7. The zero-order chi connectivity index (χ0) is 27.0. The van der Waals surface area contributed by atoms with E-state index in [1.54, 1.807) is 30.2 Å². The van der Waals surface area contributed by atoms with Gasteiger partial charge in [-0.05, 0) is 49.6 Å². The number of rotatable bonds is 13. The average Bonchev–Trinajstić information content (AvgIpc) is 3.34. The zero-order valence-corrected chi connectivity index (χ0v) is 22.5. The number of carbonyl (C=O) groups excluding carboxylic acids is 2. The van der Waals surface area contributed by atoms with Crippen molar-refractivity contribution in [1.29, 1.82) is 0 Å². The summed E-state index contributed by atoms with van der Waals surface area (Å²) in [5.74, 6) is 1.22. The molecule has 0 spiro atoms. The van der Waals surface area contributed by atoms with Crippen LogP contribution in [0.2, 0.25) is 0 Å². The van der Waals surface area contributed by atoms with Crippen LogP contribution >= 0.6 is 0 Å². The van der Waals surface area contributed by atoms with Crippen LogP contribution in [0.4, 0.5) is 5.69 Å². The normalized spacial score (nSPS) is 13.1. The van der Waals surface area contributed by atoms with Gasteiger partial charge in [0.25, 0.3) is 0 Å². The summed E-state index contributed by atoms with van der Waals surface area (Å²) in [5.41, 5.74) is 1.26. The second-order valence-corrected chi connectivity index (χ2v) is 10.6. The van der Waals surface area contributed by atoms with E-state index in [1.165, 1.54) is 4.31 Å². The number of nitrogens with one attached hydrogen (secondary N) is 1. The molecule has 0 saturated heterocycles. The average molecular weight is 534 g/mol. The molecule has 2 amide bonds. The lowest BCUT2D eigenvalue weighted by molar-refractivity contribution is -0.141. The molecule has 2 aromatic rings. The van der Waals surface area contributed by atoms with Gasteiger partial charge in [0.15, 0.2) is 11.5 Å². The molecular formula is C26H35N3O7S. The fourth-order valence-electron chi connectivity index (χ4n) is 4.22. The molecule has 1 aliphatic heterocycles. The van der Waals surface area contributed by atoms with Crippen molar-refractivity contribution in [3.63, 3.8) is 0 Å². The number of hydrogen-bond donors (Lipinski definition) is 1. The van der Waals surface area contributed by atoms with Gasteiger partial charge in [0, 0.05) is 32.1 Å². The molecule has 0 aliphatic carbocycles. The van der Waals surface area contributed by atoms with Crippen molar-refractivity contribution in [3.05, 3.63) is 48.0 Å². The van der Waals surface area contributed by atoms with E-state index >= 15 is 0 Å². The predicted molar refractivity (Wildman–Crippen MR) is 140 cm³/mol. The standard InChI is InChI=1S/C26H35N3O7S/c1-5-22(26(31)27-6-2)28(17-19-9-7-10-21(15-19)34-3)25(30)11-8-14-29(37(4,32)33)20-12-13-23-24(16-20)36-18-35-23/h7,9-10,12-13,15-16,22H,5-6,8,11,14,17-18H2,1-4H3,(H,27,31)/t22-/m1/s1. The number of benzene rings is 2. The first-order valence-corrected chi connectivity index (χ1v) is 14.1. The van der Waals surface area contributed by atoms with Crippen LogP contribution < -0.4 is 23.8 Å². The maximum atomic E-state index is 13.4. The first-order valence-electron chi connectivity index (χ1n) is 12.2. The van der Waals surface area contributed by atoms with Gasteiger partial charge in [0.05, 0.1) is 19.1 Å². The number of sulfonamides is 1. The second kappa shape index (κ2) is 12.7. The number of methoxy groups -OCH3 is 1. The van der Waals surface area contributed by atoms with E-state index in [-0.39, 0.29) is 44.5 Å². The molecule has 0 bridgehead atoms. The number of carbonyl (C=O) groups is 2. The first kappa shape index (κ1) is 28.1. The van der Waals surface area contributed by atoms with Gasteiger partial charge in [0.1, 0.15) is 11.8 Å². The number of likely N-dealkylation sites (N-methyl/N-ethyl adjacent to an activating group) is 1. The monoisotopic (exact) mass is 533 g/mol. The topological polar surface area (TPSA) is 114 Å². The Bertz CT molecular complexity index is 1200. The molecule has 0 radical (unpaired) electrons. The predicted octanol–water partition coefficient (Wildman–Crippen LogP) is 2.91. The fraction of sp³-hybridized carbons (Fsp3) is 0.462. The minimum Gasteiger partial charge on any atom is -0.497 e. The van der Waals surface area contributed by atoms with Gasteiger partial charge < -0.3 is 24.4 Å². The highest BCUT2D eigenvalue weighted by molar-refractivity contribution is 7.92. The van der Waals surface area contributed by atoms with Crippen LogP contribution in [0, 0.1) is 0 Å². The molecule has 0 saturated carbocycles. The van der Waals surface area contributed by atoms with Gasteiger partial charge in [-0.1, -0.05) is 19.1 Å². The summed E-state index contributed by atoms with van der Waals surface area (Å²) >= 11 is 0. The van der Waals surface area contributed by atoms with Crippen LogP contribution in [0.3, 0.4) is 0 Å². The Balaban J connectivity index is 1.76. The quantitative estimate of drug-likeness (QED) is 0.421. The molecule has 3 rings (SSSR count). The molecule has 1 aliphatic rings. The lowest BCUT2D eigenvalue weighted by Crippen LogP contribution is -2.49. The molecule has 0 fully saturated rings. The van der Waals surface area contributed by atoms with E-state index in [4.69, 9.17) is 14.2 Å². The summed E-state index contributed by atoms with van der Waals surface area (Å²) in [5, 5.41) is 2.81. The summed E-state index contributed by atoms with van der Waals surface area (Å²) in [6.45, 7) is 4.54. The third kappa shape index (κ3) is 7.28. The Kier molecular flexibility index (Phi) is 9.62. The summed E-state index contributed by atoms with van der Waals surface area (Å²) in [4.78, 5) is 27.8. The molecule has 2 aromatic carbocycles. The largest absolute Gasteiger partial charge is 0.497 e. The number of amides is 2. The van der Waals surface area contributed by atoms with Gasteiger partial charge >= 0.3 is 0 Å². The van der Waals surface area contributed by atoms with E-state index < -0.39 is 16.1 Å². The Morgan fingerprint density at radius 1 is 1.11 bits per heavy atom. The first-order chi connectivity index (χ1) is 17.7. The Morgan fingerprint density at radius 2 is 1.86 bits per heavy atom. The van der Waals surface area contributed by atoms with Gasteiger partial charge in [-0.3, -0.25) is 13.9 Å². The van der Waals surface area contributed by atoms with Crippen molar-refractivity contribution >= 4 is 27.5 Å². The van der Waals surface area contributed by atoms with Gasteiger partial charge in [-0.15, -0.1) is 0 Å². The zero-order valence-electron chi connectivity index (χ0n) is 21.7. The van der Waals surface area contributed by atoms with Crippen molar-refractivity contribution < 1.29 is 32.2 Å². The maximum Gasteiger partial charge on any atom is 0.242 e. The fourth-order valence-corrected chi connectivity index (χ4v) is 5.18. The van der Waals surface area contributed by atoms with Crippen LogP contribution in [0.5, 0.6) is 17.2 Å². The summed E-state index contributed by atoms with van der Waals surface area (Å²) in [7, 11) is -2.05. The van der Waals surface area contributed by atoms with Crippen LogP contribution in [0.1, 0.15) is 38.7 Å². The minimum atomic E-state index is -3.62. The van der Waals surface area contributed by atoms with Crippen LogP contribution in [-0.2, 0) is 26.2 Å². The maximum absolute atomic E-state index is 13.4. The van der Waals surface area contributed by atoms with Gasteiger partial charge in [-0.2, -0.15) is 0 Å². The van der Waals surface area contributed by atoms with E-state index in [0.29, 0.717) is 35.9 Å². The third-order valence-corrected chi connectivity index (χ3v) is 7.21. The molecule has 1 heterocycles. The van der Waals surface area contributed by atoms with Gasteiger partial charge in [0.2, 0.25) is 28.6 Å². The number of anilines is 1. The molecule has 37 heavy (non-hydrogen) atoms. The highest BCUT2D eigenvalue weighted by Gasteiger charge is 2.29. The number of fused-ring (bicyclic) bond motifs is 1. The van der Waals surface area contributed by atoms with Crippen molar-refractivity contribution in [3.8, 4) is 17.2 Å². The Morgan fingerprint density at radius 3 is 2.54 bits per heavy atom. The van der Waals surface area contributed by atoms with Crippen LogP contribution in [0.15, 0.2) is 42.5 Å². The lowest BCUT2D eigenvalue weighted by Gasteiger charge is -2.31. The van der Waals surface area contributed by atoms with E-state index in [9.17, 15) is 18.0 Å². The third-order valence-electron chi connectivity index (χ3n) is 6.02. The highest BCUT2D eigenvalue weighted by Crippen LogP contribution is 2.36. The van der Waals surface area contributed by atoms with Gasteiger partial charge in [-0.25, -0.2) is 8.42 Å². The molecular weight excluding hydrogens is 498 g/mol.